The first-order valence-corrected chi connectivity index (χ1v) is 11.3. The minimum Gasteiger partial charge on any atom is -0.454 e. The Bertz CT molecular complexity index is 1250. The number of halogens is 1. The van der Waals surface area contributed by atoms with Crippen molar-refractivity contribution in [3.63, 3.8) is 0 Å². The van der Waals surface area contributed by atoms with Crippen molar-refractivity contribution in [1.29, 1.82) is 0 Å². The van der Waals surface area contributed by atoms with Gasteiger partial charge in [0, 0.05) is 6.54 Å². The predicted octanol–water partition coefficient (Wildman–Crippen LogP) is 3.07. The molecule has 8 nitrogen and oxygen atoms in total. The van der Waals surface area contributed by atoms with Gasteiger partial charge in [-0.2, -0.15) is 0 Å². The van der Waals surface area contributed by atoms with E-state index >= 15 is 0 Å². The van der Waals surface area contributed by atoms with E-state index in [1.165, 1.54) is 0 Å². The molecular formula is C21H18ClN3O5S. The third-order valence-electron chi connectivity index (χ3n) is 4.58. The first kappa shape index (κ1) is 21.1. The molecule has 3 aromatic rings. The molecule has 0 bridgehead atoms. The van der Waals surface area contributed by atoms with E-state index in [2.05, 4.69) is 15.3 Å². The topological polar surface area (TPSA) is 107 Å². The molecule has 0 spiro atoms. The van der Waals surface area contributed by atoms with E-state index < -0.39 is 20.9 Å². The van der Waals surface area contributed by atoms with Crippen LogP contribution in [0.4, 0.5) is 0 Å². The summed E-state index contributed by atoms with van der Waals surface area (Å²) < 4.78 is 36.0. The van der Waals surface area contributed by atoms with E-state index in [0.29, 0.717) is 17.1 Å². The minimum absolute atomic E-state index is 0.0440. The molecule has 0 aliphatic carbocycles. The van der Waals surface area contributed by atoms with Gasteiger partial charge in [0.15, 0.2) is 17.2 Å². The van der Waals surface area contributed by atoms with Crippen molar-refractivity contribution in [1.82, 2.24) is 15.3 Å². The maximum Gasteiger partial charge on any atom is 0.271 e. The van der Waals surface area contributed by atoms with Crippen molar-refractivity contribution in [3.05, 3.63) is 76.1 Å². The van der Waals surface area contributed by atoms with Gasteiger partial charge in [-0.1, -0.05) is 47.5 Å². The van der Waals surface area contributed by atoms with Gasteiger partial charge in [-0.25, -0.2) is 18.4 Å². The summed E-state index contributed by atoms with van der Waals surface area (Å²) >= 11 is 6.06. The number of ether oxygens (including phenoxy) is 2. The molecule has 0 saturated heterocycles. The molecule has 2 heterocycles. The van der Waals surface area contributed by atoms with Crippen molar-refractivity contribution in [2.24, 2.45) is 0 Å². The molecule has 1 N–H and O–H groups in total. The predicted molar refractivity (Wildman–Crippen MR) is 113 cm³/mol. The fraction of sp³-hybridized carbons (Fsp3) is 0.190. The van der Waals surface area contributed by atoms with Crippen LogP contribution in [0.1, 0.15) is 27.2 Å². The van der Waals surface area contributed by atoms with Crippen molar-refractivity contribution in [3.8, 4) is 11.5 Å². The third kappa shape index (κ3) is 4.78. The Hall–Kier alpha value is -3.17. The van der Waals surface area contributed by atoms with Gasteiger partial charge in [0.05, 0.1) is 17.0 Å². The number of sulfone groups is 1. The second kappa shape index (κ2) is 8.52. The number of nitrogens with zero attached hydrogens (tertiary/aromatic N) is 2. The van der Waals surface area contributed by atoms with E-state index in [0.717, 1.165) is 17.3 Å². The smallest absolute Gasteiger partial charge is 0.271 e. The Morgan fingerprint density at radius 3 is 2.58 bits per heavy atom. The van der Waals surface area contributed by atoms with E-state index in [-0.39, 0.29) is 29.8 Å². The van der Waals surface area contributed by atoms with Gasteiger partial charge < -0.3 is 14.8 Å². The fourth-order valence-corrected chi connectivity index (χ4v) is 4.33. The molecule has 0 saturated carbocycles. The van der Waals surface area contributed by atoms with E-state index in [4.69, 9.17) is 21.1 Å². The summed E-state index contributed by atoms with van der Waals surface area (Å²) in [5.74, 6) is 0.332. The average molecular weight is 460 g/mol. The Kier molecular flexibility index (Phi) is 5.79. The third-order valence-corrected chi connectivity index (χ3v) is 6.33. The van der Waals surface area contributed by atoms with E-state index in [9.17, 15) is 13.2 Å². The number of carbonyl (C=O) groups excluding carboxylic acids is 1. The normalized spacial score (nSPS) is 12.6. The highest BCUT2D eigenvalue weighted by Crippen LogP contribution is 2.32. The van der Waals surface area contributed by atoms with Gasteiger partial charge in [-0.05, 0) is 30.2 Å². The van der Waals surface area contributed by atoms with E-state index in [1.54, 1.807) is 30.3 Å². The maximum atomic E-state index is 12.7. The molecule has 1 aromatic heterocycles. The Labute approximate surface area is 184 Å². The lowest BCUT2D eigenvalue weighted by molar-refractivity contribution is 0.0945. The summed E-state index contributed by atoms with van der Waals surface area (Å²) in [6.45, 7) is 2.23. The number of aryl methyl sites for hydroxylation is 1. The van der Waals surface area contributed by atoms with Crippen LogP contribution >= 0.6 is 11.6 Å². The van der Waals surface area contributed by atoms with Crippen LogP contribution in [0.5, 0.6) is 11.5 Å². The quantitative estimate of drug-likeness (QED) is 0.564. The molecule has 0 fully saturated rings. The molecule has 2 aromatic carbocycles. The van der Waals surface area contributed by atoms with Crippen LogP contribution < -0.4 is 14.8 Å². The van der Waals surface area contributed by atoms with Crippen molar-refractivity contribution >= 4 is 27.3 Å². The minimum atomic E-state index is -3.86. The number of carbonyl (C=O) groups is 1. The van der Waals surface area contributed by atoms with Crippen LogP contribution in [0.3, 0.4) is 0 Å². The van der Waals surface area contributed by atoms with Gasteiger partial charge in [-0.3, -0.25) is 4.79 Å². The zero-order chi connectivity index (χ0) is 22.0. The second-order valence-corrected chi connectivity index (χ2v) is 9.25. The Morgan fingerprint density at radius 1 is 1.10 bits per heavy atom. The van der Waals surface area contributed by atoms with Crippen LogP contribution in [0.25, 0.3) is 0 Å². The molecule has 160 valence electrons. The van der Waals surface area contributed by atoms with Crippen LogP contribution in [-0.4, -0.2) is 31.1 Å². The van der Waals surface area contributed by atoms with Gasteiger partial charge in [0.2, 0.25) is 21.8 Å². The first-order chi connectivity index (χ1) is 14.8. The zero-order valence-electron chi connectivity index (χ0n) is 16.5. The molecule has 0 unspecified atom stereocenters. The summed E-state index contributed by atoms with van der Waals surface area (Å²) in [5, 5.41) is 2.18. The molecule has 10 heteroatoms. The van der Waals surface area contributed by atoms with Crippen molar-refractivity contribution in [2.45, 2.75) is 24.4 Å². The molecule has 4 rings (SSSR count). The van der Waals surface area contributed by atoms with Gasteiger partial charge in [-0.15, -0.1) is 0 Å². The number of benzene rings is 2. The number of nitrogens with one attached hydrogen (secondary N) is 1. The van der Waals surface area contributed by atoms with Gasteiger partial charge in [0.25, 0.3) is 5.91 Å². The zero-order valence-corrected chi connectivity index (χ0v) is 18.0. The summed E-state index contributed by atoms with van der Waals surface area (Å²) in [6, 6.07) is 12.4. The molecule has 1 aliphatic rings. The highest BCUT2D eigenvalue weighted by atomic mass is 35.5. The number of aromatic nitrogens is 2. The summed E-state index contributed by atoms with van der Waals surface area (Å²) in [4.78, 5) is 20.4. The molecule has 1 amide bonds. The SMILES string of the molecule is Cc1ccc(CS(=O)(=O)c2ncc(Cl)c(C(=O)NCc3ccc4c(c3)OCO4)n2)cc1. The molecule has 0 atom stereocenters. The van der Waals surface area contributed by atoms with Crippen LogP contribution in [0, 0.1) is 6.92 Å². The Balaban J connectivity index is 1.50. The number of hydrogen-bond donors (Lipinski definition) is 1. The number of rotatable bonds is 6. The Morgan fingerprint density at radius 2 is 1.81 bits per heavy atom. The average Bonchev–Trinajstić information content (AvgIpc) is 3.21. The van der Waals surface area contributed by atoms with E-state index in [1.807, 2.05) is 19.1 Å². The summed E-state index contributed by atoms with van der Waals surface area (Å²) in [6.07, 6.45) is 1.12. The molecule has 1 aliphatic heterocycles. The summed E-state index contributed by atoms with van der Waals surface area (Å²) in [7, 11) is -3.86. The second-order valence-electron chi connectivity index (χ2n) is 6.96. The first-order valence-electron chi connectivity index (χ1n) is 9.29. The fourth-order valence-electron chi connectivity index (χ4n) is 2.95. The lowest BCUT2D eigenvalue weighted by Gasteiger charge is -2.09. The van der Waals surface area contributed by atoms with Gasteiger partial charge >= 0.3 is 0 Å². The van der Waals surface area contributed by atoms with Crippen molar-refractivity contribution in [2.75, 3.05) is 6.79 Å². The highest BCUT2D eigenvalue weighted by molar-refractivity contribution is 7.90. The lowest BCUT2D eigenvalue weighted by atomic mass is 10.2. The number of amides is 1. The highest BCUT2D eigenvalue weighted by Gasteiger charge is 2.23. The number of hydrogen-bond acceptors (Lipinski definition) is 7. The monoisotopic (exact) mass is 459 g/mol. The largest absolute Gasteiger partial charge is 0.454 e. The van der Waals surface area contributed by atoms with Crippen LogP contribution in [0.15, 0.2) is 53.8 Å². The molecule has 0 radical (unpaired) electrons. The molecular weight excluding hydrogens is 442 g/mol. The lowest BCUT2D eigenvalue weighted by Crippen LogP contribution is -2.25. The van der Waals surface area contributed by atoms with Gasteiger partial charge in [0.1, 0.15) is 0 Å². The summed E-state index contributed by atoms with van der Waals surface area (Å²) in [5.41, 5.74) is 2.18. The molecule has 31 heavy (non-hydrogen) atoms. The number of fused-ring (bicyclic) bond motifs is 1. The van der Waals surface area contributed by atoms with Crippen LogP contribution in [-0.2, 0) is 22.1 Å². The van der Waals surface area contributed by atoms with Crippen molar-refractivity contribution < 1.29 is 22.7 Å². The van der Waals surface area contributed by atoms with Crippen LogP contribution in [0.2, 0.25) is 5.02 Å². The maximum absolute atomic E-state index is 12.7. The standard InChI is InChI=1S/C21H18ClN3O5S/c1-13-2-4-14(5-3-13)11-31(27,28)21-24-10-16(22)19(25-21)20(26)23-9-15-6-7-17-18(8-15)30-12-29-17/h2-8,10H,9,11-12H2,1H3,(H,23,26).